The van der Waals surface area contributed by atoms with Gasteiger partial charge in [0.25, 0.3) is 0 Å². The molecule has 3 rings (SSSR count). The Hall–Kier alpha value is -3.35. The average Bonchev–Trinajstić information content (AvgIpc) is 3.72. The first-order valence-corrected chi connectivity index (χ1v) is 18.1. The number of alkyl halides is 2. The summed E-state index contributed by atoms with van der Waals surface area (Å²) in [6.45, 7) is 23.8. The lowest BCUT2D eigenvalue weighted by Gasteiger charge is -2.18. The number of benzene rings is 1. The molecule has 0 bridgehead atoms. The highest BCUT2D eigenvalue weighted by Gasteiger charge is 2.28. The van der Waals surface area contributed by atoms with E-state index in [1.54, 1.807) is 6.92 Å². The van der Waals surface area contributed by atoms with E-state index in [-0.39, 0.29) is 24.5 Å². The van der Waals surface area contributed by atoms with Crippen molar-refractivity contribution in [3.63, 3.8) is 0 Å². The monoisotopic (exact) mass is 667 g/mol. The summed E-state index contributed by atoms with van der Waals surface area (Å²) in [7, 11) is 0. The van der Waals surface area contributed by atoms with Gasteiger partial charge in [-0.1, -0.05) is 85.4 Å². The molecule has 2 heterocycles. The zero-order valence-corrected chi connectivity index (χ0v) is 31.9. The van der Waals surface area contributed by atoms with Crippen LogP contribution in [0, 0.1) is 19.8 Å². The van der Waals surface area contributed by atoms with E-state index >= 15 is 0 Å². The number of allylic oxidation sites excluding steroid dienone is 4. The van der Waals surface area contributed by atoms with Crippen molar-refractivity contribution < 1.29 is 13.6 Å². The number of halogens is 2. The number of carbonyl (C=O) groups excluding carboxylic acids is 1. The van der Waals surface area contributed by atoms with Crippen LogP contribution in [0.15, 0.2) is 52.8 Å². The average molecular weight is 667 g/mol. The summed E-state index contributed by atoms with van der Waals surface area (Å²) in [4.78, 5) is 18.9. The molecule has 0 saturated carbocycles. The summed E-state index contributed by atoms with van der Waals surface area (Å²) in [5, 5.41) is 7.25. The topological polar surface area (TPSA) is 61.4 Å². The van der Waals surface area contributed by atoms with Gasteiger partial charge in [-0.2, -0.15) is 5.10 Å². The Morgan fingerprint density at radius 3 is 2.31 bits per heavy atom. The van der Waals surface area contributed by atoms with Gasteiger partial charge in [0.1, 0.15) is 0 Å². The second-order valence-electron chi connectivity index (χ2n) is 13.2. The van der Waals surface area contributed by atoms with Gasteiger partial charge < -0.3 is 4.90 Å². The highest BCUT2D eigenvalue weighted by molar-refractivity contribution is 5.97. The zero-order valence-electron chi connectivity index (χ0n) is 31.9. The van der Waals surface area contributed by atoms with Crippen molar-refractivity contribution in [2.45, 2.75) is 139 Å². The van der Waals surface area contributed by atoms with Crippen LogP contribution in [0.5, 0.6) is 0 Å². The summed E-state index contributed by atoms with van der Waals surface area (Å²) in [6, 6.07) is 6.34. The fraction of sp³-hybridized carbons (Fsp3) is 0.585. The highest BCUT2D eigenvalue weighted by Crippen LogP contribution is 2.30. The molecule has 2 atom stereocenters. The summed E-state index contributed by atoms with van der Waals surface area (Å²) in [5.74, 6) is -1.66. The molecule has 2 unspecified atom stereocenters. The number of unbranched alkanes of at least 4 members (excludes halogenated alkanes) is 2. The minimum Gasteiger partial charge on any atom is -0.374 e. The lowest BCUT2D eigenvalue weighted by molar-refractivity contribution is -0.113. The number of aromatic nitrogens is 2. The molecule has 1 saturated heterocycles. The quantitative estimate of drug-likeness (QED) is 0.161. The number of carbonyl (C=O) groups is 1. The van der Waals surface area contributed by atoms with E-state index in [0.717, 1.165) is 66.7 Å². The number of rotatable bonds is 14. The molecule has 5 nitrogen and oxygen atoms in total. The third-order valence-corrected chi connectivity index (χ3v) is 9.01. The molecule has 48 heavy (non-hydrogen) atoms. The molecule has 1 aliphatic heterocycles. The second-order valence-corrected chi connectivity index (χ2v) is 13.2. The molecule has 1 aliphatic rings. The van der Waals surface area contributed by atoms with Gasteiger partial charge in [-0.25, -0.2) is 8.78 Å². The minimum absolute atomic E-state index is 0.0304. The SMILES string of the molecule is CCC(C)CC(F)(F)CC.CCC/C=C(/N=C/C=C(\C)N1CCC(c2cn[nH]c2C)C1)c1ccc(/C=C(\C)C(C)=O)c(C)c1.CCCC. The van der Waals surface area contributed by atoms with Crippen molar-refractivity contribution in [3.8, 4) is 0 Å². The van der Waals surface area contributed by atoms with Crippen LogP contribution in [-0.2, 0) is 4.79 Å². The maximum atomic E-state index is 12.6. The zero-order chi connectivity index (χ0) is 36.3. The van der Waals surface area contributed by atoms with Crippen LogP contribution in [0.3, 0.4) is 0 Å². The van der Waals surface area contributed by atoms with Crippen LogP contribution in [0.2, 0.25) is 0 Å². The molecule has 0 spiro atoms. The number of Topliss-reactive ketones (excluding diaryl/α,β-unsaturated/α-hetero) is 1. The van der Waals surface area contributed by atoms with Crippen molar-refractivity contribution in [1.29, 1.82) is 0 Å². The molecule has 2 aromatic rings. The number of likely N-dealkylation sites (tertiary alicyclic amines) is 1. The molecule has 0 aliphatic carbocycles. The molecule has 1 fully saturated rings. The number of nitrogens with zero attached hydrogens (tertiary/aromatic N) is 3. The van der Waals surface area contributed by atoms with Gasteiger partial charge in [0.2, 0.25) is 5.92 Å². The highest BCUT2D eigenvalue weighted by atomic mass is 19.3. The summed E-state index contributed by atoms with van der Waals surface area (Å²) in [6.07, 6.45) is 16.9. The Bertz CT molecular complexity index is 1370. The van der Waals surface area contributed by atoms with E-state index < -0.39 is 5.92 Å². The van der Waals surface area contributed by atoms with E-state index in [1.807, 2.05) is 39.3 Å². The molecule has 1 N–H and O–H groups in total. The molecule has 1 aromatic carbocycles. The smallest absolute Gasteiger partial charge is 0.248 e. The fourth-order valence-electron chi connectivity index (χ4n) is 5.09. The summed E-state index contributed by atoms with van der Waals surface area (Å²) >= 11 is 0. The van der Waals surface area contributed by atoms with Gasteiger partial charge in [0.15, 0.2) is 5.78 Å². The predicted molar refractivity (Wildman–Crippen MR) is 203 cm³/mol. The largest absolute Gasteiger partial charge is 0.374 e. The van der Waals surface area contributed by atoms with E-state index in [0.29, 0.717) is 5.92 Å². The van der Waals surface area contributed by atoms with Crippen molar-refractivity contribution in [2.75, 3.05) is 13.1 Å². The fourth-order valence-corrected chi connectivity index (χ4v) is 5.09. The Balaban J connectivity index is 0.000000690. The van der Waals surface area contributed by atoms with E-state index in [2.05, 4.69) is 87.0 Å². The number of aromatic amines is 1. The number of H-pyrrole nitrogens is 1. The van der Waals surface area contributed by atoms with Gasteiger partial charge in [-0.05, 0) is 93.9 Å². The van der Waals surface area contributed by atoms with E-state index in [4.69, 9.17) is 4.99 Å². The van der Waals surface area contributed by atoms with Crippen LogP contribution in [0.1, 0.15) is 148 Å². The Labute approximate surface area is 291 Å². The molecule has 0 radical (unpaired) electrons. The molecule has 1 aromatic heterocycles. The van der Waals surface area contributed by atoms with Gasteiger partial charge in [-0.3, -0.25) is 14.9 Å². The number of nitrogens with one attached hydrogen (secondary N) is 1. The van der Waals surface area contributed by atoms with Gasteiger partial charge in [0.05, 0.1) is 11.9 Å². The number of aryl methyl sites for hydroxylation is 2. The normalized spacial score (nSPS) is 16.4. The first kappa shape index (κ1) is 42.7. The predicted octanol–water partition coefficient (Wildman–Crippen LogP) is 11.9. The maximum Gasteiger partial charge on any atom is 0.248 e. The Morgan fingerprint density at radius 2 is 1.79 bits per heavy atom. The van der Waals surface area contributed by atoms with Crippen LogP contribution in [-0.4, -0.2) is 46.1 Å². The molecular weight excluding hydrogens is 602 g/mol. The van der Waals surface area contributed by atoms with Crippen molar-refractivity contribution >= 4 is 23.8 Å². The molecular formula is C41H64F2N4O. The first-order chi connectivity index (χ1) is 22.7. The third-order valence-electron chi connectivity index (χ3n) is 9.01. The minimum atomic E-state index is -2.44. The second kappa shape index (κ2) is 22.3. The van der Waals surface area contributed by atoms with Gasteiger partial charge >= 0.3 is 0 Å². The molecule has 268 valence electrons. The van der Waals surface area contributed by atoms with Crippen molar-refractivity contribution in [2.24, 2.45) is 10.9 Å². The molecule has 7 heteroatoms. The van der Waals surface area contributed by atoms with Crippen molar-refractivity contribution in [1.82, 2.24) is 15.1 Å². The summed E-state index contributed by atoms with van der Waals surface area (Å²) < 4.78 is 25.2. The number of hydrogen-bond acceptors (Lipinski definition) is 4. The van der Waals surface area contributed by atoms with Crippen LogP contribution < -0.4 is 0 Å². The van der Waals surface area contributed by atoms with Gasteiger partial charge in [-0.15, -0.1) is 0 Å². The first-order valence-electron chi connectivity index (χ1n) is 18.1. The lowest BCUT2D eigenvalue weighted by atomic mass is 9.99. The molecule has 0 amide bonds. The van der Waals surface area contributed by atoms with Crippen LogP contribution in [0.4, 0.5) is 8.78 Å². The van der Waals surface area contributed by atoms with E-state index in [9.17, 15) is 13.6 Å². The number of aliphatic imine (C=N–C) groups is 1. The van der Waals surface area contributed by atoms with Crippen molar-refractivity contribution in [3.05, 3.63) is 75.8 Å². The van der Waals surface area contributed by atoms with Crippen LogP contribution in [0.25, 0.3) is 11.8 Å². The number of hydrogen-bond donors (Lipinski definition) is 1. The van der Waals surface area contributed by atoms with E-state index in [1.165, 1.54) is 36.7 Å². The Morgan fingerprint density at radius 1 is 1.10 bits per heavy atom. The third kappa shape index (κ3) is 15.3. The Kier molecular flexibility index (Phi) is 19.8. The van der Waals surface area contributed by atoms with Gasteiger partial charge in [0, 0.05) is 55.0 Å². The standard InChI is InChI=1S/C29H38N4O.C8H16F2.C4H10/c1-7-8-9-29(26-11-10-25(21(3)17-26)16-20(2)24(6)34)30-14-12-22(4)33-15-13-27(19-33)28-18-31-32-23(28)5;1-4-7(3)6-8(9,10)5-2;1-3-4-2/h9-12,14,16-18,27H,7-8,13,15,19H2,1-6H3,(H,31,32);7H,4-6H2,1-3H3;3-4H2,1-2H3/b20-16+,22-12+,29-9+,30-14+;;. The number of ketones is 1. The summed E-state index contributed by atoms with van der Waals surface area (Å²) in [5.41, 5.74) is 8.81. The lowest BCUT2D eigenvalue weighted by Crippen LogP contribution is -2.18. The van der Waals surface area contributed by atoms with Crippen LogP contribution >= 0.6 is 0 Å². The maximum absolute atomic E-state index is 12.6.